The maximum Gasteiger partial charge on any atom is 0.240 e. The molecule has 3 nitrogen and oxygen atoms in total. The van der Waals surface area contributed by atoms with Crippen molar-refractivity contribution in [2.75, 3.05) is 6.54 Å². The molecule has 21 heavy (non-hydrogen) atoms. The molecule has 2 aromatic carbocycles. The van der Waals surface area contributed by atoms with Crippen LogP contribution in [-0.4, -0.2) is 15.0 Å². The van der Waals surface area contributed by atoms with Gasteiger partial charge in [0, 0.05) is 6.54 Å². The number of benzene rings is 2. The van der Waals surface area contributed by atoms with Crippen LogP contribution in [0.1, 0.15) is 24.8 Å². The molecule has 0 bridgehead atoms. The predicted octanol–water partition coefficient (Wildman–Crippen LogP) is 3.30. The minimum absolute atomic E-state index is 0.0758. The normalized spacial score (nSPS) is 13.0. The lowest BCUT2D eigenvalue weighted by Gasteiger charge is -2.16. The molecule has 0 aliphatic heterocycles. The molecule has 0 aliphatic carbocycles. The Kier molecular flexibility index (Phi) is 5.09. The highest BCUT2D eigenvalue weighted by Crippen LogP contribution is 2.19. The van der Waals surface area contributed by atoms with Crippen molar-refractivity contribution >= 4 is 10.0 Å². The molecule has 1 unspecified atom stereocenters. The van der Waals surface area contributed by atoms with Crippen LogP contribution in [0.4, 0.5) is 4.39 Å². The Morgan fingerprint density at radius 2 is 1.67 bits per heavy atom. The zero-order valence-corrected chi connectivity index (χ0v) is 12.6. The SMILES string of the molecule is CCC(CNS(=O)(=O)c1ccc(F)cc1)c1ccccc1. The first-order chi connectivity index (χ1) is 10.0. The number of hydrogen-bond donors (Lipinski definition) is 1. The highest BCUT2D eigenvalue weighted by molar-refractivity contribution is 7.89. The minimum Gasteiger partial charge on any atom is -0.211 e. The molecule has 0 amide bonds. The monoisotopic (exact) mass is 307 g/mol. The number of sulfonamides is 1. The Bertz CT molecular complexity index is 669. The van der Waals surface area contributed by atoms with Gasteiger partial charge in [0.25, 0.3) is 0 Å². The van der Waals surface area contributed by atoms with E-state index in [1.807, 2.05) is 37.3 Å². The molecule has 112 valence electrons. The van der Waals surface area contributed by atoms with Crippen molar-refractivity contribution in [1.29, 1.82) is 0 Å². The molecule has 0 spiro atoms. The van der Waals surface area contributed by atoms with Gasteiger partial charge in [0.15, 0.2) is 0 Å². The van der Waals surface area contributed by atoms with Gasteiger partial charge in [-0.3, -0.25) is 0 Å². The van der Waals surface area contributed by atoms with Gasteiger partial charge in [0.2, 0.25) is 10.0 Å². The van der Waals surface area contributed by atoms with Crippen molar-refractivity contribution < 1.29 is 12.8 Å². The number of hydrogen-bond acceptors (Lipinski definition) is 2. The molecule has 2 rings (SSSR count). The fourth-order valence-corrected chi connectivity index (χ4v) is 3.21. The fourth-order valence-electron chi connectivity index (χ4n) is 2.13. The summed E-state index contributed by atoms with van der Waals surface area (Å²) >= 11 is 0. The van der Waals surface area contributed by atoms with E-state index in [-0.39, 0.29) is 10.8 Å². The Balaban J connectivity index is 2.08. The van der Waals surface area contributed by atoms with E-state index in [2.05, 4.69) is 4.72 Å². The van der Waals surface area contributed by atoms with Gasteiger partial charge in [-0.05, 0) is 42.2 Å². The molecule has 0 aromatic heterocycles. The third-order valence-corrected chi connectivity index (χ3v) is 4.85. The van der Waals surface area contributed by atoms with Crippen LogP contribution in [0, 0.1) is 5.82 Å². The van der Waals surface area contributed by atoms with Gasteiger partial charge in [-0.15, -0.1) is 0 Å². The summed E-state index contributed by atoms with van der Waals surface area (Å²) in [5.41, 5.74) is 1.10. The van der Waals surface area contributed by atoms with Crippen LogP contribution in [0.5, 0.6) is 0 Å². The van der Waals surface area contributed by atoms with Crippen LogP contribution in [0.25, 0.3) is 0 Å². The molecule has 1 N–H and O–H groups in total. The van der Waals surface area contributed by atoms with Crippen molar-refractivity contribution in [3.63, 3.8) is 0 Å². The number of nitrogens with one attached hydrogen (secondary N) is 1. The molecule has 5 heteroatoms. The van der Waals surface area contributed by atoms with Crippen LogP contribution in [0.3, 0.4) is 0 Å². The maximum atomic E-state index is 12.8. The lowest BCUT2D eigenvalue weighted by atomic mass is 9.97. The summed E-state index contributed by atoms with van der Waals surface area (Å²) < 4.78 is 39.8. The van der Waals surface area contributed by atoms with Crippen LogP contribution in [0.15, 0.2) is 59.5 Å². The van der Waals surface area contributed by atoms with E-state index in [9.17, 15) is 12.8 Å². The average molecular weight is 307 g/mol. The zero-order chi connectivity index (χ0) is 15.3. The third-order valence-electron chi connectivity index (χ3n) is 3.41. The van der Waals surface area contributed by atoms with E-state index in [1.165, 1.54) is 12.1 Å². The summed E-state index contributed by atoms with van der Waals surface area (Å²) in [5, 5.41) is 0. The molecule has 0 radical (unpaired) electrons. The Labute approximate surface area is 124 Å². The van der Waals surface area contributed by atoms with Gasteiger partial charge in [-0.25, -0.2) is 17.5 Å². The Morgan fingerprint density at radius 1 is 1.05 bits per heavy atom. The summed E-state index contributed by atoms with van der Waals surface area (Å²) in [5.74, 6) is -0.342. The van der Waals surface area contributed by atoms with Gasteiger partial charge >= 0.3 is 0 Å². The minimum atomic E-state index is -3.61. The van der Waals surface area contributed by atoms with E-state index in [0.717, 1.165) is 24.1 Å². The lowest BCUT2D eigenvalue weighted by Crippen LogP contribution is -2.28. The molecule has 0 aliphatic rings. The molecule has 0 heterocycles. The second kappa shape index (κ2) is 6.83. The third kappa shape index (κ3) is 4.12. The smallest absolute Gasteiger partial charge is 0.211 e. The molecule has 0 saturated heterocycles. The maximum absolute atomic E-state index is 12.8. The first-order valence-corrected chi connectivity index (χ1v) is 8.31. The first kappa shape index (κ1) is 15.7. The fraction of sp³-hybridized carbons (Fsp3) is 0.250. The van der Waals surface area contributed by atoms with Crippen LogP contribution in [-0.2, 0) is 10.0 Å². The van der Waals surface area contributed by atoms with E-state index in [0.29, 0.717) is 6.54 Å². The van der Waals surface area contributed by atoms with Crippen molar-refractivity contribution in [3.8, 4) is 0 Å². The topological polar surface area (TPSA) is 46.2 Å². The number of rotatable bonds is 6. The lowest BCUT2D eigenvalue weighted by molar-refractivity contribution is 0.565. The molecule has 1 atom stereocenters. The van der Waals surface area contributed by atoms with E-state index >= 15 is 0 Å². The summed E-state index contributed by atoms with van der Waals surface area (Å²) in [6.45, 7) is 2.34. The van der Waals surface area contributed by atoms with Gasteiger partial charge in [0.1, 0.15) is 5.82 Å². The molecule has 0 fully saturated rings. The van der Waals surface area contributed by atoms with E-state index < -0.39 is 15.8 Å². The van der Waals surface area contributed by atoms with Crippen LogP contribution < -0.4 is 4.72 Å². The predicted molar refractivity (Wildman–Crippen MR) is 81.1 cm³/mol. The van der Waals surface area contributed by atoms with Gasteiger partial charge in [0.05, 0.1) is 4.90 Å². The highest BCUT2D eigenvalue weighted by atomic mass is 32.2. The van der Waals surface area contributed by atoms with E-state index in [1.54, 1.807) is 0 Å². The largest absolute Gasteiger partial charge is 0.240 e. The molecular formula is C16H18FNO2S. The number of halogens is 1. The van der Waals surface area contributed by atoms with Gasteiger partial charge in [-0.1, -0.05) is 37.3 Å². The summed E-state index contributed by atoms with van der Waals surface area (Å²) in [6, 6.07) is 14.6. The molecule has 2 aromatic rings. The van der Waals surface area contributed by atoms with Gasteiger partial charge in [-0.2, -0.15) is 0 Å². The Morgan fingerprint density at radius 3 is 2.24 bits per heavy atom. The van der Waals surface area contributed by atoms with Crippen molar-refractivity contribution in [1.82, 2.24) is 4.72 Å². The van der Waals surface area contributed by atoms with Crippen molar-refractivity contribution in [3.05, 3.63) is 66.0 Å². The van der Waals surface area contributed by atoms with E-state index in [4.69, 9.17) is 0 Å². The van der Waals surface area contributed by atoms with Crippen LogP contribution >= 0.6 is 0 Å². The van der Waals surface area contributed by atoms with Crippen LogP contribution in [0.2, 0.25) is 0 Å². The Hall–Kier alpha value is -1.72. The standard InChI is InChI=1S/C16H18FNO2S/c1-2-13(14-6-4-3-5-7-14)12-18-21(19,20)16-10-8-15(17)9-11-16/h3-11,13,18H,2,12H2,1H3. The summed E-state index contributed by atoms with van der Waals surface area (Å²) in [7, 11) is -3.61. The van der Waals surface area contributed by atoms with Crippen molar-refractivity contribution in [2.45, 2.75) is 24.2 Å². The zero-order valence-electron chi connectivity index (χ0n) is 11.8. The second-order valence-corrected chi connectivity index (χ2v) is 6.59. The van der Waals surface area contributed by atoms with Crippen molar-refractivity contribution in [2.24, 2.45) is 0 Å². The molecule has 0 saturated carbocycles. The summed E-state index contributed by atoms with van der Waals surface area (Å²) in [4.78, 5) is 0.0758. The first-order valence-electron chi connectivity index (χ1n) is 6.83. The summed E-state index contributed by atoms with van der Waals surface area (Å²) in [6.07, 6.45) is 0.829. The molecular weight excluding hydrogens is 289 g/mol. The van der Waals surface area contributed by atoms with Gasteiger partial charge < -0.3 is 0 Å². The second-order valence-electron chi connectivity index (χ2n) is 4.82. The highest BCUT2D eigenvalue weighted by Gasteiger charge is 2.17. The quantitative estimate of drug-likeness (QED) is 0.890. The average Bonchev–Trinajstić information content (AvgIpc) is 2.49.